The van der Waals surface area contributed by atoms with E-state index in [0.717, 1.165) is 63.5 Å². The zero-order valence-electron chi connectivity index (χ0n) is 12.6. The number of carbonyl (C=O) groups is 1. The molecule has 1 aliphatic carbocycles. The number of carbonyl (C=O) groups excluding carboxylic acids is 1. The first-order chi connectivity index (χ1) is 10.3. The second-order valence-corrected chi connectivity index (χ2v) is 7.12. The Hall–Kier alpha value is -0.910. The first-order valence-electron chi connectivity index (χ1n) is 8.14. The molecule has 21 heavy (non-hydrogen) atoms. The van der Waals surface area contributed by atoms with Crippen LogP contribution in [0.2, 0.25) is 0 Å². The van der Waals surface area contributed by atoms with Crippen molar-refractivity contribution < 1.29 is 14.4 Å². The summed E-state index contributed by atoms with van der Waals surface area (Å²) in [5, 5.41) is 3.07. The lowest BCUT2D eigenvalue weighted by atomic mass is 9.99. The van der Waals surface area contributed by atoms with Crippen molar-refractivity contribution in [1.82, 2.24) is 5.32 Å². The molecule has 0 atom stereocenters. The quantitative estimate of drug-likeness (QED) is 0.785. The average Bonchev–Trinajstić information content (AvgIpc) is 2.96. The molecule has 1 aliphatic heterocycles. The normalized spacial score (nSPS) is 19.2. The molecule has 1 aromatic heterocycles. The summed E-state index contributed by atoms with van der Waals surface area (Å²) in [5.74, 6) is 0.117. The van der Waals surface area contributed by atoms with Gasteiger partial charge in [0.05, 0.1) is 24.6 Å². The molecule has 0 radical (unpaired) electrons. The van der Waals surface area contributed by atoms with Gasteiger partial charge in [0.25, 0.3) is 5.91 Å². The summed E-state index contributed by atoms with van der Waals surface area (Å²) in [7, 11) is 0. The fourth-order valence-corrected chi connectivity index (χ4v) is 4.31. The van der Waals surface area contributed by atoms with Gasteiger partial charge in [-0.05, 0) is 37.3 Å². The second kappa shape index (κ2) is 7.38. The number of quaternary nitrogens is 1. The third-order valence-corrected chi connectivity index (χ3v) is 5.65. The van der Waals surface area contributed by atoms with Crippen LogP contribution in [0.5, 0.6) is 0 Å². The van der Waals surface area contributed by atoms with Crippen molar-refractivity contribution >= 4 is 17.2 Å². The molecule has 0 aromatic carbocycles. The highest BCUT2D eigenvalue weighted by Crippen LogP contribution is 2.29. The molecule has 1 saturated heterocycles. The number of hydrogen-bond acceptors (Lipinski definition) is 3. The van der Waals surface area contributed by atoms with E-state index in [2.05, 4.69) is 11.4 Å². The standard InChI is InChI=1S/C16H24N2O2S/c19-16(15-12-13-4-1-2-5-14(13)21-15)17-6-3-7-18-8-10-20-11-9-18/h12H,1-11H2,(H,17,19)/p+1. The van der Waals surface area contributed by atoms with Crippen molar-refractivity contribution in [2.45, 2.75) is 32.1 Å². The van der Waals surface area contributed by atoms with Crippen molar-refractivity contribution in [3.05, 3.63) is 21.4 Å². The Morgan fingerprint density at radius 2 is 2.10 bits per heavy atom. The van der Waals surface area contributed by atoms with E-state index in [9.17, 15) is 4.79 Å². The van der Waals surface area contributed by atoms with Crippen molar-refractivity contribution in [2.24, 2.45) is 0 Å². The van der Waals surface area contributed by atoms with Gasteiger partial charge < -0.3 is 15.0 Å². The summed E-state index contributed by atoms with van der Waals surface area (Å²) in [5.41, 5.74) is 1.41. The largest absolute Gasteiger partial charge is 0.370 e. The van der Waals surface area contributed by atoms with E-state index in [1.807, 2.05) is 0 Å². The van der Waals surface area contributed by atoms with Gasteiger partial charge >= 0.3 is 0 Å². The molecule has 4 nitrogen and oxygen atoms in total. The highest BCUT2D eigenvalue weighted by Gasteiger charge is 2.17. The number of thiophene rings is 1. The molecule has 0 bridgehead atoms. The monoisotopic (exact) mass is 309 g/mol. The minimum atomic E-state index is 0.117. The Bertz CT molecular complexity index is 457. The summed E-state index contributed by atoms with van der Waals surface area (Å²) >= 11 is 1.70. The lowest BCUT2D eigenvalue weighted by molar-refractivity contribution is -0.908. The van der Waals surface area contributed by atoms with Gasteiger partial charge in [-0.1, -0.05) is 0 Å². The number of aryl methyl sites for hydroxylation is 2. The third-order valence-electron chi connectivity index (χ3n) is 4.41. The van der Waals surface area contributed by atoms with E-state index in [1.165, 1.54) is 23.3 Å². The molecule has 0 saturated carbocycles. The summed E-state index contributed by atoms with van der Waals surface area (Å²) in [6.45, 7) is 5.87. The molecule has 2 heterocycles. The average molecular weight is 309 g/mol. The SMILES string of the molecule is O=C(NCCC[NH+]1CCOCC1)c1cc2c(s1)CCCC2. The van der Waals surface area contributed by atoms with Crippen LogP contribution < -0.4 is 10.2 Å². The molecule has 1 aromatic rings. The number of amides is 1. The molecular weight excluding hydrogens is 284 g/mol. The van der Waals surface area contributed by atoms with Gasteiger partial charge in [0.15, 0.2) is 0 Å². The van der Waals surface area contributed by atoms with Crippen molar-refractivity contribution in [3.63, 3.8) is 0 Å². The maximum absolute atomic E-state index is 12.2. The fourth-order valence-electron chi connectivity index (χ4n) is 3.14. The van der Waals surface area contributed by atoms with Gasteiger partial charge in [-0.2, -0.15) is 0 Å². The molecule has 0 spiro atoms. The number of hydrogen-bond donors (Lipinski definition) is 2. The Labute approximate surface area is 130 Å². The number of nitrogens with one attached hydrogen (secondary N) is 2. The van der Waals surface area contributed by atoms with Crippen LogP contribution in [0.25, 0.3) is 0 Å². The lowest BCUT2D eigenvalue weighted by Gasteiger charge is -2.23. The highest BCUT2D eigenvalue weighted by atomic mass is 32.1. The Morgan fingerprint density at radius 3 is 2.90 bits per heavy atom. The lowest BCUT2D eigenvalue weighted by Crippen LogP contribution is -3.14. The molecule has 1 fully saturated rings. The topological polar surface area (TPSA) is 42.8 Å². The summed E-state index contributed by atoms with van der Waals surface area (Å²) in [4.78, 5) is 16.1. The zero-order chi connectivity index (χ0) is 14.5. The van der Waals surface area contributed by atoms with E-state index in [4.69, 9.17) is 4.74 Å². The molecule has 116 valence electrons. The molecule has 1 amide bonds. The second-order valence-electron chi connectivity index (χ2n) is 5.99. The van der Waals surface area contributed by atoms with Gasteiger partial charge in [0.2, 0.25) is 0 Å². The number of rotatable bonds is 5. The molecular formula is C16H25N2O2S+. The number of morpholine rings is 1. The van der Waals surface area contributed by atoms with Crippen molar-refractivity contribution in [3.8, 4) is 0 Å². The van der Waals surface area contributed by atoms with Gasteiger partial charge in [0, 0.05) is 17.8 Å². The molecule has 0 unspecified atom stereocenters. The Balaban J connectivity index is 1.40. The first kappa shape index (κ1) is 15.0. The van der Waals surface area contributed by atoms with Gasteiger partial charge in [0.1, 0.15) is 13.1 Å². The maximum Gasteiger partial charge on any atom is 0.261 e. The molecule has 3 rings (SSSR count). The van der Waals surface area contributed by atoms with Gasteiger partial charge in [-0.25, -0.2) is 0 Å². The van der Waals surface area contributed by atoms with E-state index in [0.29, 0.717) is 0 Å². The van der Waals surface area contributed by atoms with E-state index >= 15 is 0 Å². The fraction of sp³-hybridized carbons (Fsp3) is 0.688. The Morgan fingerprint density at radius 1 is 1.29 bits per heavy atom. The maximum atomic E-state index is 12.2. The number of ether oxygens (including phenoxy) is 1. The van der Waals surface area contributed by atoms with Crippen LogP contribution in [0.1, 0.15) is 39.4 Å². The van der Waals surface area contributed by atoms with E-state index < -0.39 is 0 Å². The van der Waals surface area contributed by atoms with Crippen LogP contribution >= 0.6 is 11.3 Å². The van der Waals surface area contributed by atoms with E-state index in [1.54, 1.807) is 16.2 Å². The zero-order valence-corrected chi connectivity index (χ0v) is 13.4. The van der Waals surface area contributed by atoms with Crippen molar-refractivity contribution in [1.29, 1.82) is 0 Å². The summed E-state index contributed by atoms with van der Waals surface area (Å²) in [6, 6.07) is 2.11. The molecule has 2 N–H and O–H groups in total. The smallest absolute Gasteiger partial charge is 0.261 e. The van der Waals surface area contributed by atoms with Crippen LogP contribution in [0, 0.1) is 0 Å². The van der Waals surface area contributed by atoms with Crippen molar-refractivity contribution in [2.75, 3.05) is 39.4 Å². The predicted octanol–water partition coefficient (Wildman–Crippen LogP) is 0.662. The van der Waals surface area contributed by atoms with E-state index in [-0.39, 0.29) is 5.91 Å². The van der Waals surface area contributed by atoms with Crippen LogP contribution in [0.15, 0.2) is 6.07 Å². The third kappa shape index (κ3) is 4.05. The van der Waals surface area contributed by atoms with Crippen LogP contribution in [-0.2, 0) is 17.6 Å². The van der Waals surface area contributed by atoms with Gasteiger partial charge in [-0.3, -0.25) is 4.79 Å². The summed E-state index contributed by atoms with van der Waals surface area (Å²) in [6.07, 6.45) is 5.91. The van der Waals surface area contributed by atoms with Crippen LogP contribution in [0.4, 0.5) is 0 Å². The Kier molecular flexibility index (Phi) is 5.27. The minimum absolute atomic E-state index is 0.117. The first-order valence-corrected chi connectivity index (χ1v) is 8.95. The van der Waals surface area contributed by atoms with Gasteiger partial charge in [-0.15, -0.1) is 11.3 Å². The highest BCUT2D eigenvalue weighted by molar-refractivity contribution is 7.14. The van der Waals surface area contributed by atoms with Crippen LogP contribution in [0.3, 0.4) is 0 Å². The minimum Gasteiger partial charge on any atom is -0.370 e. The van der Waals surface area contributed by atoms with Crippen LogP contribution in [-0.4, -0.2) is 45.3 Å². The number of fused-ring (bicyclic) bond motifs is 1. The molecule has 5 heteroatoms. The predicted molar refractivity (Wildman–Crippen MR) is 84.3 cm³/mol. The summed E-state index contributed by atoms with van der Waals surface area (Å²) < 4.78 is 5.35. The molecule has 2 aliphatic rings.